The molecule has 1 aliphatic rings. The van der Waals surface area contributed by atoms with E-state index in [2.05, 4.69) is 25.3 Å². The largest absolute Gasteiger partial charge is 0.424 e. The summed E-state index contributed by atoms with van der Waals surface area (Å²) < 4.78 is 5.63. The SMILES string of the molecule is NNc1nc(Oc2ccc(Cl)cc2)nc(N2CCCC2)n1. The monoisotopic (exact) mass is 306 g/mol. The maximum Gasteiger partial charge on any atom is 0.328 e. The third-order valence-electron chi connectivity index (χ3n) is 3.14. The smallest absolute Gasteiger partial charge is 0.328 e. The van der Waals surface area contributed by atoms with Crippen molar-refractivity contribution in [2.24, 2.45) is 5.84 Å². The summed E-state index contributed by atoms with van der Waals surface area (Å²) >= 11 is 5.84. The van der Waals surface area contributed by atoms with Crippen molar-refractivity contribution >= 4 is 23.5 Å². The van der Waals surface area contributed by atoms with Gasteiger partial charge >= 0.3 is 6.01 Å². The number of rotatable bonds is 4. The van der Waals surface area contributed by atoms with Gasteiger partial charge in [-0.25, -0.2) is 5.84 Å². The number of nitrogens with two attached hydrogens (primary N) is 1. The summed E-state index contributed by atoms with van der Waals surface area (Å²) in [5, 5.41) is 0.639. The van der Waals surface area contributed by atoms with E-state index in [0.717, 1.165) is 25.9 Å². The summed E-state index contributed by atoms with van der Waals surface area (Å²) in [5.74, 6) is 6.85. The van der Waals surface area contributed by atoms with Crippen LogP contribution in [0, 0.1) is 0 Å². The van der Waals surface area contributed by atoms with Crippen LogP contribution in [0.5, 0.6) is 11.8 Å². The number of anilines is 2. The van der Waals surface area contributed by atoms with E-state index in [4.69, 9.17) is 22.2 Å². The zero-order valence-electron chi connectivity index (χ0n) is 11.3. The van der Waals surface area contributed by atoms with E-state index in [1.165, 1.54) is 0 Å². The lowest BCUT2D eigenvalue weighted by molar-refractivity contribution is 0.440. The van der Waals surface area contributed by atoms with Gasteiger partial charge < -0.3 is 9.64 Å². The summed E-state index contributed by atoms with van der Waals surface area (Å²) in [6, 6.07) is 7.17. The molecule has 21 heavy (non-hydrogen) atoms. The van der Waals surface area contributed by atoms with E-state index >= 15 is 0 Å². The van der Waals surface area contributed by atoms with Crippen molar-refractivity contribution in [1.29, 1.82) is 0 Å². The molecule has 0 unspecified atom stereocenters. The Balaban J connectivity index is 1.86. The third kappa shape index (κ3) is 3.32. The molecule has 0 aliphatic carbocycles. The Kier molecular flexibility index (Phi) is 4.03. The first-order valence-corrected chi connectivity index (χ1v) is 7.03. The van der Waals surface area contributed by atoms with Gasteiger partial charge in [-0.3, -0.25) is 5.43 Å². The lowest BCUT2D eigenvalue weighted by Crippen LogP contribution is -2.22. The lowest BCUT2D eigenvalue weighted by atomic mass is 10.3. The maximum absolute atomic E-state index is 5.84. The summed E-state index contributed by atoms with van der Waals surface area (Å²) in [5.41, 5.74) is 2.44. The molecule has 1 aliphatic heterocycles. The van der Waals surface area contributed by atoms with Gasteiger partial charge in [0.15, 0.2) is 0 Å². The van der Waals surface area contributed by atoms with E-state index in [1.54, 1.807) is 24.3 Å². The van der Waals surface area contributed by atoms with Gasteiger partial charge in [0.25, 0.3) is 0 Å². The van der Waals surface area contributed by atoms with Gasteiger partial charge in [0.2, 0.25) is 11.9 Å². The highest BCUT2D eigenvalue weighted by Gasteiger charge is 2.18. The summed E-state index contributed by atoms with van der Waals surface area (Å²) in [4.78, 5) is 14.8. The van der Waals surface area contributed by atoms with Gasteiger partial charge in [-0.2, -0.15) is 15.0 Å². The van der Waals surface area contributed by atoms with E-state index in [1.807, 2.05) is 0 Å². The van der Waals surface area contributed by atoms with Gasteiger partial charge in [-0.15, -0.1) is 0 Å². The highest BCUT2D eigenvalue weighted by molar-refractivity contribution is 6.30. The Morgan fingerprint density at radius 2 is 1.81 bits per heavy atom. The van der Waals surface area contributed by atoms with Crippen molar-refractivity contribution < 1.29 is 4.74 Å². The fraction of sp³-hybridized carbons (Fsp3) is 0.308. The van der Waals surface area contributed by atoms with Crippen molar-refractivity contribution in [3.63, 3.8) is 0 Å². The molecule has 0 spiro atoms. The predicted molar refractivity (Wildman–Crippen MR) is 80.6 cm³/mol. The van der Waals surface area contributed by atoms with Crippen LogP contribution >= 0.6 is 11.6 Å². The van der Waals surface area contributed by atoms with Gasteiger partial charge in [0, 0.05) is 18.1 Å². The van der Waals surface area contributed by atoms with E-state index in [9.17, 15) is 0 Å². The molecular formula is C13H15ClN6O. The Hall–Kier alpha value is -2.12. The first kappa shape index (κ1) is 13.8. The van der Waals surface area contributed by atoms with E-state index in [-0.39, 0.29) is 12.0 Å². The van der Waals surface area contributed by atoms with Crippen LogP contribution in [-0.2, 0) is 0 Å². The fourth-order valence-electron chi connectivity index (χ4n) is 2.12. The molecule has 3 N–H and O–H groups in total. The first-order valence-electron chi connectivity index (χ1n) is 6.65. The van der Waals surface area contributed by atoms with Crippen molar-refractivity contribution in [3.8, 4) is 11.8 Å². The average Bonchev–Trinajstić information content (AvgIpc) is 3.04. The van der Waals surface area contributed by atoms with E-state index in [0.29, 0.717) is 16.7 Å². The van der Waals surface area contributed by atoms with E-state index < -0.39 is 0 Å². The molecule has 3 rings (SSSR count). The Labute approximate surface area is 127 Å². The minimum Gasteiger partial charge on any atom is -0.424 e. The molecule has 1 aromatic heterocycles. The van der Waals surface area contributed by atoms with Gasteiger partial charge in [-0.1, -0.05) is 11.6 Å². The first-order chi connectivity index (χ1) is 10.2. The number of nitrogens with one attached hydrogen (secondary N) is 1. The van der Waals surface area contributed by atoms with Crippen LogP contribution in [0.2, 0.25) is 5.02 Å². The molecule has 1 aromatic carbocycles. The standard InChI is InChI=1S/C13H15ClN6O/c14-9-3-5-10(6-4-9)21-13-17-11(19-15)16-12(18-13)20-7-1-2-8-20/h3-6H,1-2,7-8,15H2,(H,16,17,18,19). The third-order valence-corrected chi connectivity index (χ3v) is 3.40. The molecule has 2 aromatic rings. The second-order valence-electron chi connectivity index (χ2n) is 4.64. The molecular weight excluding hydrogens is 292 g/mol. The molecule has 8 heteroatoms. The maximum atomic E-state index is 5.84. The van der Waals surface area contributed by atoms with Crippen molar-refractivity contribution in [1.82, 2.24) is 15.0 Å². The van der Waals surface area contributed by atoms with Crippen LogP contribution in [-0.4, -0.2) is 28.0 Å². The normalized spacial score (nSPS) is 14.3. The number of benzene rings is 1. The van der Waals surface area contributed by atoms with Gasteiger partial charge in [-0.05, 0) is 37.1 Å². The van der Waals surface area contributed by atoms with Crippen LogP contribution in [0.3, 0.4) is 0 Å². The molecule has 0 saturated carbocycles. The number of nitrogens with zero attached hydrogens (tertiary/aromatic N) is 4. The molecule has 7 nitrogen and oxygen atoms in total. The second kappa shape index (κ2) is 6.11. The highest BCUT2D eigenvalue weighted by atomic mass is 35.5. The zero-order valence-corrected chi connectivity index (χ0v) is 12.0. The van der Waals surface area contributed by atoms with Gasteiger partial charge in [0.05, 0.1) is 0 Å². The minimum atomic E-state index is 0.196. The average molecular weight is 307 g/mol. The summed E-state index contributed by atoms with van der Waals surface area (Å²) in [6.07, 6.45) is 2.26. The number of hydrazine groups is 1. The topological polar surface area (TPSA) is 89.2 Å². The van der Waals surface area contributed by atoms with Crippen LogP contribution in [0.15, 0.2) is 24.3 Å². The molecule has 1 saturated heterocycles. The lowest BCUT2D eigenvalue weighted by Gasteiger charge is -2.16. The van der Waals surface area contributed by atoms with Crippen molar-refractivity contribution in [2.45, 2.75) is 12.8 Å². The number of nitrogen functional groups attached to an aromatic ring is 1. The van der Waals surface area contributed by atoms with Crippen molar-refractivity contribution in [2.75, 3.05) is 23.4 Å². The number of hydrogen-bond acceptors (Lipinski definition) is 7. The van der Waals surface area contributed by atoms with Crippen LogP contribution in [0.4, 0.5) is 11.9 Å². The van der Waals surface area contributed by atoms with Crippen LogP contribution in [0.1, 0.15) is 12.8 Å². The Morgan fingerprint density at radius 3 is 2.48 bits per heavy atom. The summed E-state index contributed by atoms with van der Waals surface area (Å²) in [7, 11) is 0. The predicted octanol–water partition coefficient (Wildman–Crippen LogP) is 2.20. The number of aromatic nitrogens is 3. The Bertz CT molecular complexity index is 615. The summed E-state index contributed by atoms with van der Waals surface area (Å²) in [6.45, 7) is 1.85. The molecule has 0 atom stereocenters. The number of halogens is 1. The van der Waals surface area contributed by atoms with Crippen LogP contribution < -0.4 is 20.9 Å². The molecule has 0 radical (unpaired) electrons. The fourth-order valence-corrected chi connectivity index (χ4v) is 2.25. The van der Waals surface area contributed by atoms with Crippen LogP contribution in [0.25, 0.3) is 0 Å². The van der Waals surface area contributed by atoms with Crippen molar-refractivity contribution in [3.05, 3.63) is 29.3 Å². The minimum absolute atomic E-state index is 0.196. The molecule has 1 fully saturated rings. The Morgan fingerprint density at radius 1 is 1.10 bits per heavy atom. The quantitative estimate of drug-likeness (QED) is 0.661. The molecule has 0 bridgehead atoms. The molecule has 0 amide bonds. The zero-order chi connectivity index (χ0) is 14.7. The highest BCUT2D eigenvalue weighted by Crippen LogP contribution is 2.24. The second-order valence-corrected chi connectivity index (χ2v) is 5.07. The van der Waals surface area contributed by atoms with Gasteiger partial charge in [0.1, 0.15) is 5.75 Å². The number of hydrogen-bond donors (Lipinski definition) is 2. The number of ether oxygens (including phenoxy) is 1. The molecule has 110 valence electrons. The molecule has 2 heterocycles.